The molecule has 3 aromatic rings. The summed E-state index contributed by atoms with van der Waals surface area (Å²) in [5.74, 6) is 1.31. The summed E-state index contributed by atoms with van der Waals surface area (Å²) in [6, 6.07) is 10.1. The number of nitrogens with zero attached hydrogens (tertiary/aromatic N) is 1. The summed E-state index contributed by atoms with van der Waals surface area (Å²) in [6.07, 6.45) is 1.21. The molecule has 2 aliphatic rings. The lowest BCUT2D eigenvalue weighted by Crippen LogP contribution is -2.20. The standard InChI is InChI=1S/C23H33N2O8PS.C16H22O6.CH4/c1-5-30-34(27,31-6-2)14-18-15-35-23(24-18)25-22(26)17-9-20(32-16(3)12-28-4)11-21(10-17)33-19-7-8-29-13-19;1-11(9-18-2)21-14-6-12(16(17)19-3)7-15(8-14)22-13-4-5-20-10-13;/h9-11,15-16,19H,5-8,12-14H2,1-4H3,(H,24,25,26);6-8,11,13H,4-5,9-10H2,1-3H3;1H4/t16-,19-;11-,13-;/m00./s1. The lowest BCUT2D eigenvalue weighted by molar-refractivity contribution is 0.0597. The van der Waals surface area contributed by atoms with E-state index in [1.54, 1.807) is 69.8 Å². The maximum absolute atomic E-state index is 13.1. The molecular weight excluding hydrogens is 795 g/mol. The molecule has 2 aromatic carbocycles. The highest BCUT2D eigenvalue weighted by molar-refractivity contribution is 7.53. The third-order valence-corrected chi connectivity index (χ3v) is 10.9. The smallest absolute Gasteiger partial charge is 0.338 e. The lowest BCUT2D eigenvalue weighted by atomic mass is 10.2. The zero-order chi connectivity index (χ0) is 41.2. The number of aromatic nitrogens is 1. The molecule has 0 bridgehead atoms. The third-order valence-electron chi connectivity index (χ3n) is 8.08. The van der Waals surface area contributed by atoms with Crippen molar-refractivity contribution in [2.24, 2.45) is 0 Å². The zero-order valence-electron chi connectivity index (χ0n) is 33.6. The summed E-state index contributed by atoms with van der Waals surface area (Å²) in [6.45, 7) is 11.1. The molecule has 18 heteroatoms. The average molecular weight is 855 g/mol. The van der Waals surface area contributed by atoms with Crippen LogP contribution in [0.1, 0.15) is 74.4 Å². The maximum Gasteiger partial charge on any atom is 0.338 e. The van der Waals surface area contributed by atoms with Crippen molar-refractivity contribution in [3.8, 4) is 23.0 Å². The lowest BCUT2D eigenvalue weighted by Gasteiger charge is -2.17. The number of benzene rings is 2. The molecule has 3 heterocycles. The van der Waals surface area contributed by atoms with Gasteiger partial charge in [0.15, 0.2) is 5.13 Å². The summed E-state index contributed by atoms with van der Waals surface area (Å²) in [5.41, 5.74) is 1.26. The van der Waals surface area contributed by atoms with E-state index in [1.807, 2.05) is 13.8 Å². The first-order valence-corrected chi connectivity index (χ1v) is 21.4. The Morgan fingerprint density at radius 1 is 0.810 bits per heavy atom. The molecule has 2 fully saturated rings. The predicted molar refractivity (Wildman–Crippen MR) is 219 cm³/mol. The first-order valence-electron chi connectivity index (χ1n) is 18.8. The highest BCUT2D eigenvalue weighted by Crippen LogP contribution is 2.51. The summed E-state index contributed by atoms with van der Waals surface area (Å²) in [4.78, 5) is 29.2. The molecule has 0 spiro atoms. The Balaban J connectivity index is 0.000000337. The fourth-order valence-electron chi connectivity index (χ4n) is 5.71. The number of hydrogen-bond donors (Lipinski definition) is 1. The second kappa shape index (κ2) is 25.0. The van der Waals surface area contributed by atoms with Crippen LogP contribution in [0, 0.1) is 0 Å². The van der Waals surface area contributed by atoms with Crippen LogP contribution in [-0.4, -0.2) is 115 Å². The van der Waals surface area contributed by atoms with Crippen LogP contribution in [0.25, 0.3) is 0 Å². The van der Waals surface area contributed by atoms with E-state index >= 15 is 0 Å². The van der Waals surface area contributed by atoms with Gasteiger partial charge >= 0.3 is 13.6 Å². The minimum Gasteiger partial charge on any atom is -0.488 e. The highest BCUT2D eigenvalue weighted by atomic mass is 32.1. The molecule has 58 heavy (non-hydrogen) atoms. The number of methoxy groups -OCH3 is 3. The number of anilines is 1. The molecule has 0 unspecified atom stereocenters. The number of carbonyl (C=O) groups is 2. The Morgan fingerprint density at radius 2 is 1.31 bits per heavy atom. The van der Waals surface area contributed by atoms with Crippen molar-refractivity contribution < 1.29 is 65.8 Å². The van der Waals surface area contributed by atoms with Crippen LogP contribution in [-0.2, 0) is 43.5 Å². The number of hydrogen-bond acceptors (Lipinski definition) is 16. The molecular formula is C40H59N2O14PS. The molecule has 2 saturated heterocycles. The van der Waals surface area contributed by atoms with Crippen molar-refractivity contribution in [2.75, 3.05) is 79.5 Å². The van der Waals surface area contributed by atoms with Crippen molar-refractivity contribution in [3.05, 3.63) is 58.6 Å². The van der Waals surface area contributed by atoms with Crippen LogP contribution in [0.3, 0.4) is 0 Å². The predicted octanol–water partition coefficient (Wildman–Crippen LogP) is 7.43. The summed E-state index contributed by atoms with van der Waals surface area (Å²) in [5, 5.41) is 4.89. The Labute approximate surface area is 345 Å². The van der Waals surface area contributed by atoms with Crippen molar-refractivity contribution in [3.63, 3.8) is 0 Å². The van der Waals surface area contributed by atoms with E-state index in [0.29, 0.717) is 84.6 Å². The van der Waals surface area contributed by atoms with Gasteiger partial charge in [-0.3, -0.25) is 14.7 Å². The number of nitrogens with one attached hydrogen (secondary N) is 1. The fraction of sp³-hybridized carbons (Fsp3) is 0.575. The number of carbonyl (C=O) groups excluding carboxylic acids is 2. The maximum atomic E-state index is 13.1. The number of esters is 1. The minimum absolute atomic E-state index is 0. The van der Waals surface area contributed by atoms with Gasteiger partial charge in [0.1, 0.15) is 47.4 Å². The molecule has 1 N–H and O–H groups in total. The van der Waals surface area contributed by atoms with Crippen LogP contribution < -0.4 is 24.3 Å². The van der Waals surface area contributed by atoms with Gasteiger partial charge in [-0.2, -0.15) is 0 Å². The van der Waals surface area contributed by atoms with E-state index in [2.05, 4.69) is 10.3 Å². The second-order valence-corrected chi connectivity index (χ2v) is 16.0. The van der Waals surface area contributed by atoms with Gasteiger partial charge in [0.25, 0.3) is 5.91 Å². The van der Waals surface area contributed by atoms with Gasteiger partial charge in [-0.15, -0.1) is 11.3 Å². The van der Waals surface area contributed by atoms with E-state index in [-0.39, 0.29) is 57.1 Å². The summed E-state index contributed by atoms with van der Waals surface area (Å²) in [7, 11) is 1.26. The normalized spacial score (nSPS) is 17.2. The van der Waals surface area contributed by atoms with E-state index in [1.165, 1.54) is 18.4 Å². The van der Waals surface area contributed by atoms with E-state index in [9.17, 15) is 14.2 Å². The third kappa shape index (κ3) is 16.1. The van der Waals surface area contributed by atoms with Gasteiger partial charge in [0.2, 0.25) is 0 Å². The zero-order valence-corrected chi connectivity index (χ0v) is 35.4. The number of rotatable bonds is 21. The largest absolute Gasteiger partial charge is 0.488 e. The van der Waals surface area contributed by atoms with Crippen LogP contribution in [0.4, 0.5) is 5.13 Å². The van der Waals surface area contributed by atoms with Crippen LogP contribution in [0.15, 0.2) is 41.8 Å². The topological polar surface area (TPSA) is 178 Å². The second-order valence-electron chi connectivity index (χ2n) is 13.1. The molecule has 0 saturated carbocycles. The number of thiazole rings is 1. The minimum atomic E-state index is -3.29. The van der Waals surface area contributed by atoms with Gasteiger partial charge in [-0.1, -0.05) is 7.43 Å². The first kappa shape index (κ1) is 48.6. The van der Waals surface area contributed by atoms with Gasteiger partial charge < -0.3 is 51.7 Å². The molecule has 16 nitrogen and oxygen atoms in total. The van der Waals surface area contributed by atoms with Crippen molar-refractivity contribution in [1.82, 2.24) is 4.98 Å². The van der Waals surface area contributed by atoms with Gasteiger partial charge in [0.05, 0.1) is 77.4 Å². The number of ether oxygens (including phenoxy) is 9. The monoisotopic (exact) mass is 854 g/mol. The van der Waals surface area contributed by atoms with Crippen molar-refractivity contribution in [1.29, 1.82) is 0 Å². The fourth-order valence-corrected chi connectivity index (χ4v) is 8.14. The Kier molecular flexibility index (Phi) is 20.9. The Hall–Kier alpha value is -3.80. The van der Waals surface area contributed by atoms with Gasteiger partial charge in [-0.05, 0) is 52.0 Å². The molecule has 4 atom stereocenters. The molecule has 5 rings (SSSR count). The van der Waals surface area contributed by atoms with Crippen LogP contribution in [0.2, 0.25) is 0 Å². The average Bonchev–Trinajstić information content (AvgIpc) is 3.97. The van der Waals surface area contributed by atoms with Crippen molar-refractivity contribution in [2.45, 2.75) is 78.5 Å². The first-order chi connectivity index (χ1) is 27.5. The Morgan fingerprint density at radius 3 is 1.78 bits per heavy atom. The molecule has 1 amide bonds. The summed E-state index contributed by atoms with van der Waals surface area (Å²) >= 11 is 1.23. The highest BCUT2D eigenvalue weighted by Gasteiger charge is 2.26. The van der Waals surface area contributed by atoms with E-state index in [0.717, 1.165) is 12.8 Å². The van der Waals surface area contributed by atoms with Crippen LogP contribution in [0.5, 0.6) is 23.0 Å². The SMILES string of the molecule is C.CCOP(=O)(Cc1csc(NC(=O)c2cc(O[C@H]3CCOC3)cc(O[C@@H](C)COC)c2)n1)OCC.COC[C@H](C)Oc1cc(O[C@H]2CCOC2)cc(C(=O)OC)c1. The molecule has 324 valence electrons. The quantitative estimate of drug-likeness (QED) is 0.0826. The van der Waals surface area contributed by atoms with Gasteiger partial charge in [0, 0.05) is 50.1 Å². The van der Waals surface area contributed by atoms with E-state index in [4.69, 9.17) is 51.7 Å². The van der Waals surface area contributed by atoms with Crippen molar-refractivity contribution >= 4 is 35.9 Å². The summed E-state index contributed by atoms with van der Waals surface area (Å²) < 4.78 is 72.6. The van der Waals surface area contributed by atoms with Gasteiger partial charge in [-0.25, -0.2) is 9.78 Å². The molecule has 2 aliphatic heterocycles. The molecule has 0 radical (unpaired) electrons. The van der Waals surface area contributed by atoms with Crippen LogP contribution >= 0.6 is 18.9 Å². The number of amides is 1. The molecule has 1 aromatic heterocycles. The molecule has 0 aliphatic carbocycles. The Bertz CT molecular complexity index is 1740. The van der Waals surface area contributed by atoms with E-state index < -0.39 is 13.6 Å².